The highest BCUT2D eigenvalue weighted by Gasteiger charge is 2.29. The molecule has 1 aromatic carbocycles. The lowest BCUT2D eigenvalue weighted by molar-refractivity contribution is 0.0189. The molecule has 0 unspecified atom stereocenters. The number of imidazole rings is 1. The monoisotopic (exact) mass is 424 g/mol. The van der Waals surface area contributed by atoms with Crippen LogP contribution in [0.5, 0.6) is 0 Å². The molecule has 2 aromatic heterocycles. The van der Waals surface area contributed by atoms with E-state index >= 15 is 0 Å². The smallest absolute Gasteiger partial charge is 0.410 e. The van der Waals surface area contributed by atoms with Crippen LogP contribution in [0.1, 0.15) is 45.3 Å². The molecule has 0 spiro atoms. The summed E-state index contributed by atoms with van der Waals surface area (Å²) in [5, 5.41) is 9.22. The molecule has 1 aliphatic rings. The Morgan fingerprint density at radius 1 is 1.23 bits per heavy atom. The summed E-state index contributed by atoms with van der Waals surface area (Å²) in [6.07, 6.45) is 2.76. The summed E-state index contributed by atoms with van der Waals surface area (Å²) >= 11 is 0. The number of aliphatic hydroxyl groups is 1. The zero-order chi connectivity index (χ0) is 22.2. The second-order valence-corrected chi connectivity index (χ2v) is 8.89. The number of nitrogens with one attached hydrogen (secondary N) is 1. The van der Waals surface area contributed by atoms with Crippen LogP contribution >= 0.6 is 0 Å². The van der Waals surface area contributed by atoms with Crippen molar-refractivity contribution in [1.29, 1.82) is 0 Å². The van der Waals surface area contributed by atoms with Gasteiger partial charge in [-0.1, -0.05) is 18.2 Å². The van der Waals surface area contributed by atoms with E-state index in [9.17, 15) is 14.7 Å². The number of rotatable bonds is 3. The summed E-state index contributed by atoms with van der Waals surface area (Å²) in [5.41, 5.74) is 3.27. The van der Waals surface area contributed by atoms with Gasteiger partial charge in [-0.05, 0) is 45.7 Å². The van der Waals surface area contributed by atoms with Crippen LogP contribution < -0.4 is 5.69 Å². The number of para-hydroxylation sites is 1. The van der Waals surface area contributed by atoms with Gasteiger partial charge in [0.25, 0.3) is 0 Å². The topological polar surface area (TPSA) is 100 Å². The number of aromatic amines is 1. The maximum absolute atomic E-state index is 12.9. The Labute approximate surface area is 180 Å². The van der Waals surface area contributed by atoms with Crippen molar-refractivity contribution in [3.63, 3.8) is 0 Å². The number of fused-ring (bicyclic) bond motifs is 1. The highest BCUT2D eigenvalue weighted by molar-refractivity contribution is 5.92. The van der Waals surface area contributed by atoms with Crippen molar-refractivity contribution >= 4 is 17.1 Å². The van der Waals surface area contributed by atoms with E-state index in [1.165, 1.54) is 0 Å². The molecular weight excluding hydrogens is 396 g/mol. The molecule has 31 heavy (non-hydrogen) atoms. The van der Waals surface area contributed by atoms with E-state index in [2.05, 4.69) is 9.97 Å². The minimum Gasteiger partial charge on any atom is -0.444 e. The number of amides is 1. The van der Waals surface area contributed by atoms with Gasteiger partial charge in [0.1, 0.15) is 5.60 Å². The maximum Gasteiger partial charge on any atom is 0.410 e. The molecule has 1 aliphatic heterocycles. The molecule has 1 saturated heterocycles. The van der Waals surface area contributed by atoms with Crippen LogP contribution in [0.4, 0.5) is 4.79 Å². The first-order valence-electron chi connectivity index (χ1n) is 10.5. The molecule has 1 fully saturated rings. The third-order valence-electron chi connectivity index (χ3n) is 5.53. The number of carbonyl (C=O) groups is 1. The number of hydrogen-bond acceptors (Lipinski definition) is 5. The zero-order valence-corrected chi connectivity index (χ0v) is 18.1. The fourth-order valence-electron chi connectivity index (χ4n) is 4.06. The minimum atomic E-state index is -0.525. The second kappa shape index (κ2) is 8.19. The van der Waals surface area contributed by atoms with Crippen LogP contribution in [0.25, 0.3) is 22.2 Å². The molecule has 8 nitrogen and oxygen atoms in total. The Bertz CT molecular complexity index is 1130. The minimum absolute atomic E-state index is 0.00470. The molecule has 2 N–H and O–H groups in total. The molecule has 8 heteroatoms. The zero-order valence-electron chi connectivity index (χ0n) is 18.1. The van der Waals surface area contributed by atoms with Gasteiger partial charge >= 0.3 is 11.8 Å². The molecule has 0 radical (unpaired) electrons. The first-order valence-corrected chi connectivity index (χ1v) is 10.5. The number of piperidine rings is 1. The third kappa shape index (κ3) is 4.34. The predicted octanol–water partition coefficient (Wildman–Crippen LogP) is 3.46. The van der Waals surface area contributed by atoms with Gasteiger partial charge in [0.2, 0.25) is 0 Å². The molecule has 0 saturated carbocycles. The van der Waals surface area contributed by atoms with Crippen LogP contribution in [0.3, 0.4) is 0 Å². The summed E-state index contributed by atoms with van der Waals surface area (Å²) < 4.78 is 7.28. The summed E-state index contributed by atoms with van der Waals surface area (Å²) in [7, 11) is 0. The number of aromatic nitrogens is 3. The number of benzene rings is 1. The molecular formula is C23H28N4O4. The number of aliphatic hydroxyl groups excluding tert-OH is 1. The highest BCUT2D eigenvalue weighted by atomic mass is 16.6. The molecule has 4 rings (SSSR count). The second-order valence-electron chi connectivity index (χ2n) is 8.89. The fourth-order valence-corrected chi connectivity index (χ4v) is 4.06. The third-order valence-corrected chi connectivity index (χ3v) is 5.53. The van der Waals surface area contributed by atoms with Gasteiger partial charge in [-0.2, -0.15) is 0 Å². The Morgan fingerprint density at radius 2 is 1.97 bits per heavy atom. The summed E-state index contributed by atoms with van der Waals surface area (Å²) in [5.74, 6) is 0. The normalized spacial score (nSPS) is 15.4. The van der Waals surface area contributed by atoms with Crippen molar-refractivity contribution in [2.45, 2.75) is 51.9 Å². The SMILES string of the molecule is CC(C)(C)OC(=O)N1CCC(n2c(=O)[nH]c3c(-c4ccc(CO)nc4)cccc32)CC1. The lowest BCUT2D eigenvalue weighted by Gasteiger charge is -2.33. The molecule has 0 aliphatic carbocycles. The maximum atomic E-state index is 12.9. The number of hydrogen-bond donors (Lipinski definition) is 2. The summed E-state index contributed by atoms with van der Waals surface area (Å²) in [6, 6.07) is 9.48. The highest BCUT2D eigenvalue weighted by Crippen LogP contribution is 2.30. The number of likely N-dealkylation sites (tertiary alicyclic amines) is 1. The Balaban J connectivity index is 1.59. The summed E-state index contributed by atoms with van der Waals surface area (Å²) in [4.78, 5) is 34.2. The lowest BCUT2D eigenvalue weighted by Crippen LogP contribution is -2.43. The number of ether oxygens (including phenoxy) is 1. The van der Waals surface area contributed by atoms with E-state index < -0.39 is 5.60 Å². The van der Waals surface area contributed by atoms with E-state index in [0.29, 0.717) is 31.6 Å². The van der Waals surface area contributed by atoms with E-state index in [1.807, 2.05) is 45.0 Å². The van der Waals surface area contributed by atoms with Crippen LogP contribution in [-0.2, 0) is 11.3 Å². The first-order chi connectivity index (χ1) is 14.8. The van der Waals surface area contributed by atoms with Crippen LogP contribution in [0.15, 0.2) is 41.3 Å². The van der Waals surface area contributed by atoms with Crippen molar-refractivity contribution in [1.82, 2.24) is 19.4 Å². The molecule has 0 bridgehead atoms. The fraction of sp³-hybridized carbons (Fsp3) is 0.435. The number of nitrogens with zero attached hydrogens (tertiary/aromatic N) is 3. The molecule has 0 atom stereocenters. The first kappa shape index (κ1) is 21.1. The van der Waals surface area contributed by atoms with Crippen LogP contribution in [0.2, 0.25) is 0 Å². The summed E-state index contributed by atoms with van der Waals surface area (Å²) in [6.45, 7) is 6.55. The Kier molecular flexibility index (Phi) is 5.58. The van der Waals surface area contributed by atoms with Crippen molar-refractivity contribution in [2.24, 2.45) is 0 Å². The van der Waals surface area contributed by atoms with Crippen LogP contribution in [0, 0.1) is 0 Å². The van der Waals surface area contributed by atoms with Gasteiger partial charge in [-0.25, -0.2) is 9.59 Å². The number of H-pyrrole nitrogens is 1. The van der Waals surface area contributed by atoms with Gasteiger partial charge < -0.3 is 19.7 Å². The number of carbonyl (C=O) groups excluding carboxylic acids is 1. The van der Waals surface area contributed by atoms with Crippen LogP contribution in [-0.4, -0.2) is 49.3 Å². The molecule has 164 valence electrons. The van der Waals surface area contributed by atoms with Gasteiger partial charge in [-0.3, -0.25) is 9.55 Å². The lowest BCUT2D eigenvalue weighted by atomic mass is 10.0. The molecule has 1 amide bonds. The van der Waals surface area contributed by atoms with Gasteiger partial charge in [0.05, 0.1) is 23.3 Å². The average Bonchev–Trinajstić information content (AvgIpc) is 3.08. The Morgan fingerprint density at radius 3 is 2.58 bits per heavy atom. The standard InChI is InChI=1S/C23H28N4O4/c1-23(2,3)31-22(30)26-11-9-17(10-12-26)27-19-6-4-5-18(20(19)25-21(27)29)15-7-8-16(14-28)24-13-15/h4-8,13,17,28H,9-12,14H2,1-3H3,(H,25,29). The average molecular weight is 425 g/mol. The number of pyridine rings is 1. The van der Waals surface area contributed by atoms with Crippen molar-refractivity contribution in [3.8, 4) is 11.1 Å². The predicted molar refractivity (Wildman–Crippen MR) is 118 cm³/mol. The largest absolute Gasteiger partial charge is 0.444 e. The van der Waals surface area contributed by atoms with E-state index in [-0.39, 0.29) is 24.4 Å². The van der Waals surface area contributed by atoms with Gasteiger partial charge in [0.15, 0.2) is 0 Å². The van der Waals surface area contributed by atoms with E-state index in [4.69, 9.17) is 4.74 Å². The van der Waals surface area contributed by atoms with Crippen molar-refractivity contribution in [3.05, 3.63) is 52.7 Å². The molecule has 3 aromatic rings. The van der Waals surface area contributed by atoms with Crippen molar-refractivity contribution in [2.75, 3.05) is 13.1 Å². The van der Waals surface area contributed by atoms with Crippen molar-refractivity contribution < 1.29 is 14.6 Å². The Hall–Kier alpha value is -3.13. The van der Waals surface area contributed by atoms with Gasteiger partial charge in [0, 0.05) is 36.5 Å². The molecule has 3 heterocycles. The van der Waals surface area contributed by atoms with E-state index in [1.54, 1.807) is 21.7 Å². The quantitative estimate of drug-likeness (QED) is 0.671. The van der Waals surface area contributed by atoms with Gasteiger partial charge in [-0.15, -0.1) is 0 Å². The van der Waals surface area contributed by atoms with E-state index in [0.717, 1.165) is 22.2 Å².